The monoisotopic (exact) mass is 400 g/mol. The molecule has 0 spiro atoms. The molecule has 0 aliphatic heterocycles. The van der Waals surface area contributed by atoms with Crippen LogP contribution in [0, 0.1) is 28.5 Å². The lowest BCUT2D eigenvalue weighted by molar-refractivity contribution is -0.109. The van der Waals surface area contributed by atoms with Crippen LogP contribution in [0.4, 0.5) is 13.2 Å². The fourth-order valence-corrected chi connectivity index (χ4v) is 4.83. The number of primary sulfonamides is 1. The molecule has 6 nitrogen and oxygen atoms in total. The lowest BCUT2D eigenvalue weighted by Crippen LogP contribution is -2.45. The van der Waals surface area contributed by atoms with Crippen molar-refractivity contribution in [1.82, 2.24) is 0 Å². The zero-order valence-electron chi connectivity index (χ0n) is 14.0. The number of nitrogens with two attached hydrogens (primary N) is 1. The largest absolute Gasteiger partial charge is 0.461 e. The molecule has 3 N–H and O–H groups in total. The second-order valence-corrected chi connectivity index (χ2v) is 8.27. The lowest BCUT2D eigenvalue weighted by Gasteiger charge is -2.38. The molecule has 2 aliphatic rings. The van der Waals surface area contributed by atoms with E-state index in [-0.39, 0.29) is 17.1 Å². The van der Waals surface area contributed by atoms with Gasteiger partial charge in [0.15, 0.2) is 0 Å². The van der Waals surface area contributed by atoms with Crippen LogP contribution in [0.15, 0.2) is 41.0 Å². The zero-order chi connectivity index (χ0) is 20.2. The maximum Gasteiger partial charge on any atom is 0.275 e. The van der Waals surface area contributed by atoms with Crippen molar-refractivity contribution in [3.05, 3.63) is 52.4 Å². The SMILES string of the molecule is CC12C(S(N)(=O)=O)=CC=C(Oc3cc(F)cc(C#N)c3)C1CC(F)(F)[C@H]2O. The summed E-state index contributed by atoms with van der Waals surface area (Å²) in [6, 6.07) is 4.88. The number of fused-ring (bicyclic) bond motifs is 1. The number of alkyl halides is 2. The van der Waals surface area contributed by atoms with Gasteiger partial charge in [-0.05, 0) is 24.3 Å². The average Bonchev–Trinajstić information content (AvgIpc) is 2.73. The quantitative estimate of drug-likeness (QED) is 0.807. The van der Waals surface area contributed by atoms with Gasteiger partial charge in [-0.3, -0.25) is 0 Å². The van der Waals surface area contributed by atoms with Crippen molar-refractivity contribution in [1.29, 1.82) is 5.26 Å². The first kappa shape index (κ1) is 19.4. The van der Waals surface area contributed by atoms with Crippen LogP contribution in [-0.4, -0.2) is 25.6 Å². The van der Waals surface area contributed by atoms with Gasteiger partial charge < -0.3 is 9.84 Å². The Morgan fingerprint density at radius 1 is 1.33 bits per heavy atom. The summed E-state index contributed by atoms with van der Waals surface area (Å²) < 4.78 is 71.4. The molecule has 2 aliphatic carbocycles. The molecule has 2 unspecified atom stereocenters. The van der Waals surface area contributed by atoms with E-state index >= 15 is 0 Å². The van der Waals surface area contributed by atoms with Gasteiger partial charge in [-0.15, -0.1) is 0 Å². The van der Waals surface area contributed by atoms with Crippen LogP contribution >= 0.6 is 0 Å². The van der Waals surface area contributed by atoms with Gasteiger partial charge in [-0.25, -0.2) is 26.7 Å². The molecule has 1 fully saturated rings. The average molecular weight is 400 g/mol. The van der Waals surface area contributed by atoms with E-state index in [4.69, 9.17) is 15.1 Å². The van der Waals surface area contributed by atoms with E-state index in [1.807, 2.05) is 0 Å². The topological polar surface area (TPSA) is 113 Å². The first-order valence-electron chi connectivity index (χ1n) is 7.79. The van der Waals surface area contributed by atoms with E-state index in [9.17, 15) is 26.7 Å². The van der Waals surface area contributed by atoms with Gasteiger partial charge in [0.1, 0.15) is 23.4 Å². The molecule has 0 saturated heterocycles. The molecular formula is C17H15F3N2O4S. The number of aliphatic hydroxyl groups is 1. The van der Waals surface area contributed by atoms with Crippen molar-refractivity contribution in [2.45, 2.75) is 25.4 Å². The van der Waals surface area contributed by atoms with Crippen LogP contribution in [0.5, 0.6) is 5.75 Å². The summed E-state index contributed by atoms with van der Waals surface area (Å²) in [7, 11) is -4.37. The van der Waals surface area contributed by atoms with Gasteiger partial charge in [0.2, 0.25) is 10.0 Å². The summed E-state index contributed by atoms with van der Waals surface area (Å²) in [5.41, 5.74) is -1.96. The molecule has 144 valence electrons. The van der Waals surface area contributed by atoms with Crippen molar-refractivity contribution in [3.63, 3.8) is 0 Å². The highest BCUT2D eigenvalue weighted by atomic mass is 32.2. The number of nitriles is 1. The Morgan fingerprint density at radius 2 is 2.00 bits per heavy atom. The third-order valence-corrected chi connectivity index (χ3v) is 6.17. The first-order chi connectivity index (χ1) is 12.4. The number of allylic oxidation sites excluding steroid dienone is 3. The summed E-state index contributed by atoms with van der Waals surface area (Å²) in [5.74, 6) is -5.78. The third-order valence-electron chi connectivity index (χ3n) is 4.98. The molecule has 0 amide bonds. The maximum absolute atomic E-state index is 14.2. The number of aliphatic hydroxyl groups excluding tert-OH is 1. The summed E-state index contributed by atoms with van der Waals surface area (Å²) in [4.78, 5) is -0.533. The van der Waals surface area contributed by atoms with Gasteiger partial charge in [-0.1, -0.05) is 6.92 Å². The number of hydrogen-bond donors (Lipinski definition) is 2. The van der Waals surface area contributed by atoms with Gasteiger partial charge in [-0.2, -0.15) is 5.26 Å². The van der Waals surface area contributed by atoms with E-state index < -0.39 is 50.5 Å². The second kappa shape index (κ2) is 6.09. The highest BCUT2D eigenvalue weighted by Gasteiger charge is 2.66. The van der Waals surface area contributed by atoms with Crippen LogP contribution in [0.25, 0.3) is 0 Å². The molecule has 10 heteroatoms. The van der Waals surface area contributed by atoms with Crippen molar-refractivity contribution in [2.75, 3.05) is 0 Å². The van der Waals surface area contributed by atoms with E-state index in [2.05, 4.69) is 0 Å². The summed E-state index contributed by atoms with van der Waals surface area (Å²) in [6.07, 6.45) is -1.05. The molecule has 0 heterocycles. The van der Waals surface area contributed by atoms with Crippen molar-refractivity contribution in [3.8, 4) is 11.8 Å². The third kappa shape index (κ3) is 3.12. The Labute approximate surface area is 153 Å². The van der Waals surface area contributed by atoms with E-state index in [1.54, 1.807) is 6.07 Å². The van der Waals surface area contributed by atoms with Gasteiger partial charge in [0.25, 0.3) is 5.92 Å². The van der Waals surface area contributed by atoms with Crippen molar-refractivity contribution < 1.29 is 31.4 Å². The Morgan fingerprint density at radius 3 is 2.59 bits per heavy atom. The molecule has 0 radical (unpaired) electrons. The van der Waals surface area contributed by atoms with Crippen molar-refractivity contribution in [2.24, 2.45) is 16.5 Å². The number of sulfonamides is 1. The molecular weight excluding hydrogens is 385 g/mol. The molecule has 3 rings (SSSR count). The highest BCUT2D eigenvalue weighted by Crippen LogP contribution is 2.59. The fourth-order valence-electron chi connectivity index (χ4n) is 3.71. The number of benzene rings is 1. The summed E-state index contributed by atoms with van der Waals surface area (Å²) >= 11 is 0. The smallest absolute Gasteiger partial charge is 0.275 e. The minimum Gasteiger partial charge on any atom is -0.461 e. The predicted octanol–water partition coefficient (Wildman–Crippen LogP) is 2.17. The lowest BCUT2D eigenvalue weighted by atomic mass is 9.74. The minimum atomic E-state index is -4.37. The van der Waals surface area contributed by atoms with Gasteiger partial charge >= 0.3 is 0 Å². The van der Waals surface area contributed by atoms with Crippen molar-refractivity contribution >= 4 is 10.0 Å². The number of hydrogen-bond acceptors (Lipinski definition) is 5. The summed E-state index contributed by atoms with van der Waals surface area (Å²) in [6.45, 7) is 1.17. The first-order valence-corrected chi connectivity index (χ1v) is 9.34. The minimum absolute atomic E-state index is 0.0401. The van der Waals surface area contributed by atoms with Gasteiger partial charge in [0.05, 0.1) is 16.5 Å². The Kier molecular flexibility index (Phi) is 4.38. The molecule has 1 aromatic carbocycles. The number of rotatable bonds is 3. The molecule has 0 aromatic heterocycles. The molecule has 1 saturated carbocycles. The maximum atomic E-state index is 14.2. The second-order valence-electron chi connectivity index (χ2n) is 6.74. The van der Waals surface area contributed by atoms with Crippen LogP contribution in [-0.2, 0) is 10.0 Å². The molecule has 27 heavy (non-hydrogen) atoms. The van der Waals surface area contributed by atoms with Crippen LogP contribution < -0.4 is 9.88 Å². The number of halogens is 3. The van der Waals surface area contributed by atoms with E-state index in [0.29, 0.717) is 0 Å². The normalized spacial score (nSPS) is 29.4. The van der Waals surface area contributed by atoms with Gasteiger partial charge in [0, 0.05) is 23.8 Å². The number of nitrogens with zero attached hydrogens (tertiary/aromatic N) is 1. The van der Waals surface area contributed by atoms with E-state index in [1.165, 1.54) is 13.0 Å². The Balaban J connectivity index is 2.10. The van der Waals surface area contributed by atoms with Crippen LogP contribution in [0.3, 0.4) is 0 Å². The van der Waals surface area contributed by atoms with Crippen LogP contribution in [0.2, 0.25) is 0 Å². The molecule has 0 bridgehead atoms. The predicted molar refractivity (Wildman–Crippen MR) is 88.2 cm³/mol. The highest BCUT2D eigenvalue weighted by molar-refractivity contribution is 7.93. The molecule has 1 aromatic rings. The zero-order valence-corrected chi connectivity index (χ0v) is 14.8. The van der Waals surface area contributed by atoms with E-state index in [0.717, 1.165) is 24.3 Å². The Hall–Kier alpha value is -2.35. The Bertz CT molecular complexity index is 1010. The molecule has 3 atom stereocenters. The van der Waals surface area contributed by atoms with Crippen LogP contribution in [0.1, 0.15) is 18.9 Å². The summed E-state index contributed by atoms with van der Waals surface area (Å²) in [5, 5.41) is 24.2. The number of ether oxygens (including phenoxy) is 1. The standard InChI is InChI=1S/C17H15F3N2O4S/c1-16-12(7-17(19,20)15(16)23)13(2-3-14(16)27(22,24)25)26-11-5-9(8-21)4-10(18)6-11/h2-6,12,15,23H,7H2,1H3,(H2,22,24,25)/t12?,15-,16?/m0/s1. The fraction of sp³-hybridized carbons (Fsp3) is 0.353.